The molecule has 0 radical (unpaired) electrons. The molecule has 1 aromatic heterocycles. The summed E-state index contributed by atoms with van der Waals surface area (Å²) in [5.74, 6) is -0.201. The molecule has 0 atom stereocenters. The maximum Gasteiger partial charge on any atom is 0.257 e. The van der Waals surface area contributed by atoms with Crippen LogP contribution in [-0.2, 0) is 6.54 Å². The molecule has 6 nitrogen and oxygen atoms in total. The summed E-state index contributed by atoms with van der Waals surface area (Å²) in [5.41, 5.74) is 1.87. The largest absolute Gasteiger partial charge is 0.384 e. The van der Waals surface area contributed by atoms with E-state index in [0.717, 1.165) is 25.2 Å². The Balaban J connectivity index is 1.90. The van der Waals surface area contributed by atoms with Crippen LogP contribution >= 0.6 is 0 Å². The quantitative estimate of drug-likeness (QED) is 0.419. The molecule has 0 spiro atoms. The summed E-state index contributed by atoms with van der Waals surface area (Å²) in [6.45, 7) is 7.26. The highest BCUT2D eigenvalue weighted by Crippen LogP contribution is 2.15. The van der Waals surface area contributed by atoms with Gasteiger partial charge in [-0.2, -0.15) is 0 Å². The average molecular weight is 337 g/mol. The number of para-hydroxylation sites is 1. The lowest BCUT2D eigenvalue weighted by molar-refractivity contribution is 0.0968. The first-order valence-corrected chi connectivity index (χ1v) is 8.14. The molecule has 0 aliphatic heterocycles. The van der Waals surface area contributed by atoms with Gasteiger partial charge in [-0.05, 0) is 31.6 Å². The number of aromatic nitrogens is 2. The first-order valence-electron chi connectivity index (χ1n) is 8.14. The van der Waals surface area contributed by atoms with Crippen LogP contribution in [0.2, 0.25) is 0 Å². The van der Waals surface area contributed by atoms with E-state index in [4.69, 9.17) is 0 Å². The molecule has 0 fully saturated rings. The lowest BCUT2D eigenvalue weighted by Gasteiger charge is -2.12. The number of anilines is 1. The molecule has 1 aromatic carbocycles. The van der Waals surface area contributed by atoms with E-state index in [1.54, 1.807) is 37.1 Å². The van der Waals surface area contributed by atoms with Crippen molar-refractivity contribution in [1.29, 1.82) is 0 Å². The summed E-state index contributed by atoms with van der Waals surface area (Å²) < 4.78 is 2.02. The van der Waals surface area contributed by atoms with E-state index in [2.05, 4.69) is 27.2 Å². The van der Waals surface area contributed by atoms with Crippen LogP contribution in [0.4, 0.5) is 5.69 Å². The van der Waals surface area contributed by atoms with E-state index in [0.29, 0.717) is 11.3 Å². The zero-order chi connectivity index (χ0) is 17.9. The van der Waals surface area contributed by atoms with Crippen LogP contribution < -0.4 is 10.6 Å². The van der Waals surface area contributed by atoms with Gasteiger partial charge in [-0.15, -0.1) is 0 Å². The van der Waals surface area contributed by atoms with Gasteiger partial charge < -0.3 is 15.2 Å². The van der Waals surface area contributed by atoms with Crippen molar-refractivity contribution in [3.63, 3.8) is 0 Å². The van der Waals surface area contributed by atoms with Crippen LogP contribution in [0.3, 0.4) is 0 Å². The summed E-state index contributed by atoms with van der Waals surface area (Å²) in [5, 5.41) is 6.08. The molecule has 2 N–H and O–H groups in total. The fourth-order valence-electron chi connectivity index (χ4n) is 2.21. The van der Waals surface area contributed by atoms with Crippen molar-refractivity contribution >= 4 is 17.8 Å². The number of carbonyl (C=O) groups is 1. The first-order chi connectivity index (χ1) is 12.2. The molecule has 0 aliphatic rings. The number of imidazole rings is 1. The molecule has 0 bridgehead atoms. The van der Waals surface area contributed by atoms with Crippen molar-refractivity contribution in [3.8, 4) is 0 Å². The molecular weight excluding hydrogens is 314 g/mol. The number of allylic oxidation sites excluding steroid dienone is 1. The van der Waals surface area contributed by atoms with Gasteiger partial charge in [-0.3, -0.25) is 9.79 Å². The third kappa shape index (κ3) is 6.10. The Hall–Kier alpha value is -3.15. The minimum Gasteiger partial charge on any atom is -0.384 e. The van der Waals surface area contributed by atoms with E-state index in [1.807, 2.05) is 35.9 Å². The number of hydrogen-bond acceptors (Lipinski definition) is 4. The van der Waals surface area contributed by atoms with E-state index in [-0.39, 0.29) is 5.91 Å². The minimum absolute atomic E-state index is 0.201. The van der Waals surface area contributed by atoms with E-state index in [1.165, 1.54) is 0 Å². The van der Waals surface area contributed by atoms with Crippen molar-refractivity contribution in [2.24, 2.45) is 4.99 Å². The number of amides is 1. The SMILES string of the molecule is C=C(/C=C\N=CC)NC(=O)c1ccccc1NCCCn1ccnc1. The third-order valence-electron chi connectivity index (χ3n) is 3.42. The molecule has 0 saturated carbocycles. The van der Waals surface area contributed by atoms with Gasteiger partial charge in [0.1, 0.15) is 0 Å². The second-order valence-corrected chi connectivity index (χ2v) is 5.33. The van der Waals surface area contributed by atoms with Gasteiger partial charge in [0, 0.05) is 49.3 Å². The average Bonchev–Trinajstić information content (AvgIpc) is 3.12. The second kappa shape index (κ2) is 9.87. The highest BCUT2D eigenvalue weighted by molar-refractivity contribution is 6.00. The van der Waals surface area contributed by atoms with Crippen LogP contribution in [0.25, 0.3) is 0 Å². The van der Waals surface area contributed by atoms with Gasteiger partial charge in [-0.1, -0.05) is 18.7 Å². The molecule has 6 heteroatoms. The van der Waals surface area contributed by atoms with Crippen LogP contribution in [0.1, 0.15) is 23.7 Å². The predicted octanol–water partition coefficient (Wildman–Crippen LogP) is 3.23. The number of rotatable bonds is 9. The molecule has 130 valence electrons. The maximum absolute atomic E-state index is 12.4. The first kappa shape index (κ1) is 18.2. The number of nitrogens with zero attached hydrogens (tertiary/aromatic N) is 3. The zero-order valence-electron chi connectivity index (χ0n) is 14.4. The predicted molar refractivity (Wildman–Crippen MR) is 102 cm³/mol. The van der Waals surface area contributed by atoms with Gasteiger partial charge in [0.2, 0.25) is 0 Å². The summed E-state index contributed by atoms with van der Waals surface area (Å²) >= 11 is 0. The summed E-state index contributed by atoms with van der Waals surface area (Å²) in [7, 11) is 0. The van der Waals surface area contributed by atoms with Crippen molar-refractivity contribution in [2.75, 3.05) is 11.9 Å². The monoisotopic (exact) mass is 337 g/mol. The Kier molecular flexibility index (Phi) is 7.18. The number of nitrogens with one attached hydrogen (secondary N) is 2. The Morgan fingerprint density at radius 3 is 3.00 bits per heavy atom. The molecule has 0 saturated heterocycles. The molecule has 0 aliphatic carbocycles. The highest BCUT2D eigenvalue weighted by Gasteiger charge is 2.10. The molecular formula is C19H23N5O. The normalized spacial score (nSPS) is 11.1. The maximum atomic E-state index is 12.4. The van der Waals surface area contributed by atoms with Crippen molar-refractivity contribution in [1.82, 2.24) is 14.9 Å². The number of aryl methyl sites for hydroxylation is 1. The Bertz CT molecular complexity index is 747. The number of benzene rings is 1. The van der Waals surface area contributed by atoms with Gasteiger partial charge >= 0.3 is 0 Å². The lowest BCUT2D eigenvalue weighted by atomic mass is 10.1. The Labute approximate surface area is 148 Å². The lowest BCUT2D eigenvalue weighted by Crippen LogP contribution is -2.22. The van der Waals surface area contributed by atoms with E-state index >= 15 is 0 Å². The van der Waals surface area contributed by atoms with Crippen molar-refractivity contribution < 1.29 is 4.79 Å². The van der Waals surface area contributed by atoms with Crippen LogP contribution in [0, 0.1) is 0 Å². The van der Waals surface area contributed by atoms with Crippen LogP contribution in [0.15, 0.2) is 72.5 Å². The van der Waals surface area contributed by atoms with Crippen LogP contribution in [0.5, 0.6) is 0 Å². The fraction of sp³-hybridized carbons (Fsp3) is 0.211. The van der Waals surface area contributed by atoms with Gasteiger partial charge in [0.05, 0.1) is 11.9 Å². The minimum atomic E-state index is -0.201. The topological polar surface area (TPSA) is 71.3 Å². The van der Waals surface area contributed by atoms with Crippen molar-refractivity contribution in [2.45, 2.75) is 19.9 Å². The standard InChI is InChI=1S/C19H23N5O/c1-3-20-11-9-16(2)23-19(25)17-7-4-5-8-18(17)22-10-6-13-24-14-12-21-15-24/h3-5,7-9,11-12,14-15,22H,2,6,10,13H2,1H3,(H,23,25)/b11-9-,20-3?. The van der Waals surface area contributed by atoms with Crippen molar-refractivity contribution in [3.05, 3.63) is 73.1 Å². The molecule has 2 rings (SSSR count). The van der Waals surface area contributed by atoms with E-state index in [9.17, 15) is 4.79 Å². The third-order valence-corrected chi connectivity index (χ3v) is 3.42. The van der Waals surface area contributed by atoms with E-state index < -0.39 is 0 Å². The number of hydrogen-bond donors (Lipinski definition) is 2. The second-order valence-electron chi connectivity index (χ2n) is 5.33. The highest BCUT2D eigenvalue weighted by atomic mass is 16.1. The number of carbonyl (C=O) groups excluding carboxylic acids is 1. The summed E-state index contributed by atoms with van der Waals surface area (Å²) in [4.78, 5) is 20.4. The molecule has 2 aromatic rings. The van der Waals surface area contributed by atoms with Gasteiger partial charge in [0.25, 0.3) is 5.91 Å². The van der Waals surface area contributed by atoms with Gasteiger partial charge in [0.15, 0.2) is 0 Å². The molecule has 1 amide bonds. The van der Waals surface area contributed by atoms with Gasteiger partial charge in [-0.25, -0.2) is 4.98 Å². The summed E-state index contributed by atoms with van der Waals surface area (Å²) in [6, 6.07) is 7.42. The fourth-order valence-corrected chi connectivity index (χ4v) is 2.21. The smallest absolute Gasteiger partial charge is 0.257 e. The van der Waals surface area contributed by atoms with Crippen LogP contribution in [-0.4, -0.2) is 28.2 Å². The zero-order valence-corrected chi connectivity index (χ0v) is 14.4. The Morgan fingerprint density at radius 1 is 1.40 bits per heavy atom. The molecule has 1 heterocycles. The Morgan fingerprint density at radius 2 is 2.24 bits per heavy atom. The summed E-state index contributed by atoms with van der Waals surface area (Å²) in [6.07, 6.45) is 11.3. The molecule has 25 heavy (non-hydrogen) atoms. The molecule has 0 unspecified atom stereocenters. The number of aliphatic imine (C=N–C) groups is 1.